The van der Waals surface area contributed by atoms with Gasteiger partial charge in [0, 0.05) is 20.2 Å². The number of unbranched alkanes of at least 4 members (excludes halogenated alkanes) is 1. The quantitative estimate of drug-likeness (QED) is 0.572. The lowest BCUT2D eigenvalue weighted by Crippen LogP contribution is -2.18. The van der Waals surface area contributed by atoms with Crippen molar-refractivity contribution in [1.29, 1.82) is 0 Å². The summed E-state index contributed by atoms with van der Waals surface area (Å²) >= 11 is 0. The molecule has 0 saturated carbocycles. The summed E-state index contributed by atoms with van der Waals surface area (Å²) in [7, 11) is 2.03. The van der Waals surface area contributed by atoms with Crippen LogP contribution in [-0.4, -0.2) is 32.0 Å². The second-order valence-electron chi connectivity index (χ2n) is 3.50. The summed E-state index contributed by atoms with van der Waals surface area (Å²) in [4.78, 5) is 6.12. The molecule has 0 amide bonds. The van der Waals surface area contributed by atoms with E-state index in [9.17, 15) is 0 Å². The first-order valence-electron chi connectivity index (χ1n) is 5.17. The zero-order chi connectivity index (χ0) is 11.1. The number of aliphatic hydroxyl groups is 1. The number of anilines is 1. The van der Waals surface area contributed by atoms with Crippen molar-refractivity contribution in [2.45, 2.75) is 12.8 Å². The second-order valence-corrected chi connectivity index (χ2v) is 3.50. The van der Waals surface area contributed by atoms with E-state index in [1.54, 1.807) is 0 Å². The molecule has 0 fully saturated rings. The molecule has 0 radical (unpaired) electrons. The average molecular weight is 206 g/mol. The molecular weight excluding hydrogens is 188 g/mol. The molecule has 0 aliphatic carbocycles. The largest absolute Gasteiger partial charge is 0.396 e. The molecule has 1 N–H and O–H groups in total. The number of hydrogen-bond donors (Lipinski definition) is 1. The lowest BCUT2D eigenvalue weighted by Gasteiger charge is -2.20. The standard InChI is InChI=1S/C12H18N2O/c1-13-11-7-3-4-8-12(11)14(2)9-5-6-10-15/h3-4,7-8,15H,1,5-6,9-10H2,2H3. The van der Waals surface area contributed by atoms with Gasteiger partial charge in [0.25, 0.3) is 0 Å². The summed E-state index contributed by atoms with van der Waals surface area (Å²) < 4.78 is 0. The predicted octanol–water partition coefficient (Wildman–Crippen LogP) is 2.23. The Morgan fingerprint density at radius 1 is 1.33 bits per heavy atom. The Bertz CT molecular complexity index is 312. The van der Waals surface area contributed by atoms with E-state index in [4.69, 9.17) is 5.11 Å². The van der Waals surface area contributed by atoms with Crippen LogP contribution in [0.2, 0.25) is 0 Å². The Hall–Kier alpha value is -1.35. The van der Waals surface area contributed by atoms with Crippen LogP contribution in [0.4, 0.5) is 11.4 Å². The number of nitrogens with zero attached hydrogens (tertiary/aromatic N) is 2. The van der Waals surface area contributed by atoms with Crippen molar-refractivity contribution < 1.29 is 5.11 Å². The van der Waals surface area contributed by atoms with E-state index < -0.39 is 0 Å². The van der Waals surface area contributed by atoms with Gasteiger partial charge in [-0.25, -0.2) is 0 Å². The number of benzene rings is 1. The molecule has 0 aromatic heterocycles. The Morgan fingerprint density at radius 2 is 2.07 bits per heavy atom. The molecule has 0 aliphatic heterocycles. The van der Waals surface area contributed by atoms with Crippen LogP contribution >= 0.6 is 0 Å². The molecule has 1 rings (SSSR count). The molecule has 0 aliphatic rings. The van der Waals surface area contributed by atoms with E-state index in [0.717, 1.165) is 30.8 Å². The first kappa shape index (κ1) is 11.7. The molecule has 0 saturated heterocycles. The van der Waals surface area contributed by atoms with Gasteiger partial charge in [-0.1, -0.05) is 12.1 Å². The minimum atomic E-state index is 0.259. The summed E-state index contributed by atoms with van der Waals surface area (Å²) in [5, 5.41) is 8.70. The Kier molecular flexibility index (Phi) is 4.84. The van der Waals surface area contributed by atoms with Crippen molar-refractivity contribution >= 4 is 18.1 Å². The molecule has 15 heavy (non-hydrogen) atoms. The van der Waals surface area contributed by atoms with E-state index in [1.165, 1.54) is 0 Å². The number of hydrogen-bond acceptors (Lipinski definition) is 3. The van der Waals surface area contributed by atoms with E-state index in [1.807, 2.05) is 31.3 Å². The van der Waals surface area contributed by atoms with Gasteiger partial charge in [0.15, 0.2) is 0 Å². The highest BCUT2D eigenvalue weighted by molar-refractivity contribution is 5.68. The van der Waals surface area contributed by atoms with Gasteiger partial charge in [0.05, 0.1) is 11.4 Å². The van der Waals surface area contributed by atoms with E-state index in [2.05, 4.69) is 16.6 Å². The minimum Gasteiger partial charge on any atom is -0.396 e. The first-order chi connectivity index (χ1) is 7.29. The van der Waals surface area contributed by atoms with Crippen LogP contribution in [0, 0.1) is 0 Å². The molecule has 1 aromatic carbocycles. The molecule has 3 nitrogen and oxygen atoms in total. The Morgan fingerprint density at radius 3 is 2.73 bits per heavy atom. The highest BCUT2D eigenvalue weighted by Crippen LogP contribution is 2.26. The fourth-order valence-electron chi connectivity index (χ4n) is 1.50. The second kappa shape index (κ2) is 6.19. The van der Waals surface area contributed by atoms with Crippen LogP contribution in [0.3, 0.4) is 0 Å². The smallest absolute Gasteiger partial charge is 0.0855 e. The van der Waals surface area contributed by atoms with E-state index in [-0.39, 0.29) is 6.61 Å². The molecule has 0 atom stereocenters. The summed E-state index contributed by atoms with van der Waals surface area (Å²) in [6.45, 7) is 4.74. The summed E-state index contributed by atoms with van der Waals surface area (Å²) in [6, 6.07) is 7.93. The van der Waals surface area contributed by atoms with Gasteiger partial charge in [-0.05, 0) is 31.7 Å². The van der Waals surface area contributed by atoms with Crippen LogP contribution in [-0.2, 0) is 0 Å². The molecule has 3 heteroatoms. The third kappa shape index (κ3) is 3.36. The SMILES string of the molecule is C=Nc1ccccc1N(C)CCCCO. The van der Waals surface area contributed by atoms with Gasteiger partial charge in [0.2, 0.25) is 0 Å². The number of para-hydroxylation sites is 2. The maximum Gasteiger partial charge on any atom is 0.0855 e. The van der Waals surface area contributed by atoms with Crippen molar-refractivity contribution in [1.82, 2.24) is 0 Å². The number of aliphatic imine (C=N–C) groups is 1. The molecule has 0 bridgehead atoms. The molecule has 0 spiro atoms. The van der Waals surface area contributed by atoms with Crippen molar-refractivity contribution in [2.24, 2.45) is 4.99 Å². The zero-order valence-electron chi connectivity index (χ0n) is 9.19. The highest BCUT2D eigenvalue weighted by Gasteiger charge is 2.04. The maximum absolute atomic E-state index is 8.70. The number of aliphatic hydroxyl groups excluding tert-OH is 1. The van der Waals surface area contributed by atoms with E-state index in [0.29, 0.717) is 0 Å². The maximum atomic E-state index is 8.70. The fourth-order valence-corrected chi connectivity index (χ4v) is 1.50. The lowest BCUT2D eigenvalue weighted by atomic mass is 10.2. The summed E-state index contributed by atoms with van der Waals surface area (Å²) in [5.74, 6) is 0. The average Bonchev–Trinajstić information content (AvgIpc) is 2.29. The normalized spacial score (nSPS) is 10.0. The lowest BCUT2D eigenvalue weighted by molar-refractivity contribution is 0.285. The van der Waals surface area contributed by atoms with Crippen molar-refractivity contribution in [3.63, 3.8) is 0 Å². The minimum absolute atomic E-state index is 0.259. The van der Waals surface area contributed by atoms with Gasteiger partial charge in [-0.15, -0.1) is 0 Å². The fraction of sp³-hybridized carbons (Fsp3) is 0.417. The van der Waals surface area contributed by atoms with Crippen molar-refractivity contribution in [2.75, 3.05) is 25.1 Å². The predicted molar refractivity (Wildman–Crippen MR) is 65.2 cm³/mol. The molecular formula is C12H18N2O. The van der Waals surface area contributed by atoms with Crippen LogP contribution in [0.15, 0.2) is 29.3 Å². The molecule has 0 heterocycles. The Balaban J connectivity index is 2.63. The van der Waals surface area contributed by atoms with E-state index >= 15 is 0 Å². The summed E-state index contributed by atoms with van der Waals surface area (Å²) in [6.07, 6.45) is 1.83. The van der Waals surface area contributed by atoms with Gasteiger partial charge in [0.1, 0.15) is 0 Å². The first-order valence-corrected chi connectivity index (χ1v) is 5.17. The van der Waals surface area contributed by atoms with Crippen molar-refractivity contribution in [3.8, 4) is 0 Å². The molecule has 1 aromatic rings. The Labute approximate surface area is 91.1 Å². The van der Waals surface area contributed by atoms with Crippen LogP contribution < -0.4 is 4.90 Å². The molecule has 0 unspecified atom stereocenters. The van der Waals surface area contributed by atoms with Gasteiger partial charge in [-0.3, -0.25) is 4.99 Å². The zero-order valence-corrected chi connectivity index (χ0v) is 9.19. The van der Waals surface area contributed by atoms with Crippen LogP contribution in [0.25, 0.3) is 0 Å². The van der Waals surface area contributed by atoms with Crippen LogP contribution in [0.5, 0.6) is 0 Å². The monoisotopic (exact) mass is 206 g/mol. The van der Waals surface area contributed by atoms with Gasteiger partial charge < -0.3 is 10.0 Å². The topological polar surface area (TPSA) is 35.8 Å². The molecule has 82 valence electrons. The third-order valence-corrected chi connectivity index (χ3v) is 2.36. The van der Waals surface area contributed by atoms with Gasteiger partial charge in [-0.2, -0.15) is 0 Å². The van der Waals surface area contributed by atoms with Gasteiger partial charge >= 0.3 is 0 Å². The highest BCUT2D eigenvalue weighted by atomic mass is 16.2. The van der Waals surface area contributed by atoms with Crippen molar-refractivity contribution in [3.05, 3.63) is 24.3 Å². The number of rotatable bonds is 6. The van der Waals surface area contributed by atoms with Crippen LogP contribution in [0.1, 0.15) is 12.8 Å². The summed E-state index contributed by atoms with van der Waals surface area (Å²) in [5.41, 5.74) is 1.99. The third-order valence-electron chi connectivity index (χ3n) is 2.36.